The van der Waals surface area contributed by atoms with Gasteiger partial charge in [-0.2, -0.15) is 0 Å². The summed E-state index contributed by atoms with van der Waals surface area (Å²) < 4.78 is 0. The summed E-state index contributed by atoms with van der Waals surface area (Å²) in [6, 6.07) is 45.2. The van der Waals surface area contributed by atoms with Gasteiger partial charge in [0, 0.05) is 15.5 Å². The summed E-state index contributed by atoms with van der Waals surface area (Å²) in [6.07, 6.45) is 0. The molecule has 58 heavy (non-hydrogen) atoms. The van der Waals surface area contributed by atoms with Gasteiger partial charge in [-0.3, -0.25) is 0 Å². The third-order valence-electron chi connectivity index (χ3n) is 12.9. The summed E-state index contributed by atoms with van der Waals surface area (Å²) in [5.74, 6) is 2.46. The minimum absolute atomic E-state index is 0.0861. The molecule has 0 aromatic heterocycles. The fourth-order valence-electron chi connectivity index (χ4n) is 9.88. The SMILES string of the molecule is CC(C)c1cc(C(C)C)c(B2c3ccccc3B(c3c(C(C)C)cc(C(C)C)cc3C(C)C)c3cc(N4c5ccccc5Sc5ccccc54)ccc32)c(C(C)C)c1. The molecule has 8 rings (SSSR count). The highest BCUT2D eigenvalue weighted by molar-refractivity contribution is 7.99. The average molecular weight is 778 g/mol. The van der Waals surface area contributed by atoms with Crippen molar-refractivity contribution >= 4 is 75.0 Å². The van der Waals surface area contributed by atoms with E-state index in [1.54, 1.807) is 0 Å². The van der Waals surface area contributed by atoms with Crippen LogP contribution in [0.4, 0.5) is 17.1 Å². The second-order valence-corrected chi connectivity index (χ2v) is 19.9. The number of benzene rings is 6. The van der Waals surface area contributed by atoms with Crippen LogP contribution < -0.4 is 37.7 Å². The van der Waals surface area contributed by atoms with Gasteiger partial charge in [0.2, 0.25) is 13.4 Å². The standard InChI is InChI=1S/C54H61B2NS/c1-32(2)38-27-41(34(5)6)53(42(28-38)35(7)8)55-45-19-13-14-20-46(45)56(54-43(36(9)10)29-39(33(3)4)30-44(54)37(11)12)48-31-40(25-26-47(48)55)57-49-21-15-17-23-51(49)58-52-24-18-16-22-50(52)57/h13-37H,1-12H3. The van der Waals surface area contributed by atoms with Crippen molar-refractivity contribution in [1.29, 1.82) is 0 Å². The van der Waals surface area contributed by atoms with Crippen molar-refractivity contribution in [3.05, 3.63) is 149 Å². The Morgan fingerprint density at radius 2 is 0.741 bits per heavy atom. The zero-order valence-electron chi connectivity index (χ0n) is 36.9. The van der Waals surface area contributed by atoms with Crippen LogP contribution in [0.2, 0.25) is 0 Å². The maximum absolute atomic E-state index is 2.60. The van der Waals surface area contributed by atoms with E-state index in [1.807, 2.05) is 11.8 Å². The van der Waals surface area contributed by atoms with Crippen LogP contribution in [0, 0.1) is 0 Å². The Kier molecular flexibility index (Phi) is 11.1. The molecule has 0 aliphatic carbocycles. The maximum atomic E-state index is 2.60. The van der Waals surface area contributed by atoms with E-state index < -0.39 is 0 Å². The summed E-state index contributed by atoms with van der Waals surface area (Å²) in [7, 11) is 0. The van der Waals surface area contributed by atoms with Gasteiger partial charge in [-0.1, -0.05) is 206 Å². The van der Waals surface area contributed by atoms with E-state index in [1.165, 1.54) is 93.0 Å². The highest BCUT2D eigenvalue weighted by Gasteiger charge is 2.43. The Balaban J connectivity index is 1.50. The largest absolute Gasteiger partial charge is 0.308 e. The quantitative estimate of drug-likeness (QED) is 0.134. The highest BCUT2D eigenvalue weighted by Crippen LogP contribution is 2.51. The van der Waals surface area contributed by atoms with Gasteiger partial charge in [0.1, 0.15) is 0 Å². The molecule has 0 radical (unpaired) electrons. The number of fused-ring (bicyclic) bond motifs is 4. The molecule has 2 aliphatic heterocycles. The molecule has 6 aromatic carbocycles. The van der Waals surface area contributed by atoms with E-state index in [-0.39, 0.29) is 13.4 Å². The van der Waals surface area contributed by atoms with Crippen molar-refractivity contribution in [3.63, 3.8) is 0 Å². The summed E-state index contributed by atoms with van der Waals surface area (Å²) in [5.41, 5.74) is 21.4. The molecule has 0 unspecified atom stereocenters. The molecule has 0 fully saturated rings. The first-order chi connectivity index (χ1) is 27.8. The monoisotopic (exact) mass is 777 g/mol. The molecule has 0 saturated carbocycles. The van der Waals surface area contributed by atoms with Crippen LogP contribution in [0.25, 0.3) is 0 Å². The van der Waals surface area contributed by atoms with E-state index in [0.717, 1.165) is 0 Å². The van der Waals surface area contributed by atoms with Crippen LogP contribution in [0.15, 0.2) is 125 Å². The Morgan fingerprint density at radius 3 is 1.14 bits per heavy atom. The molecule has 2 heterocycles. The third kappa shape index (κ3) is 6.98. The summed E-state index contributed by atoms with van der Waals surface area (Å²) in [5, 5.41) is 0. The Morgan fingerprint density at radius 1 is 0.379 bits per heavy atom. The van der Waals surface area contributed by atoms with Crippen molar-refractivity contribution in [2.75, 3.05) is 4.90 Å². The number of hydrogen-bond donors (Lipinski definition) is 0. The fraction of sp³-hybridized carbons (Fsp3) is 0.333. The lowest BCUT2D eigenvalue weighted by Gasteiger charge is -2.39. The summed E-state index contributed by atoms with van der Waals surface area (Å²) in [4.78, 5) is 5.11. The van der Waals surface area contributed by atoms with E-state index in [0.29, 0.717) is 35.5 Å². The number of anilines is 3. The first-order valence-electron chi connectivity index (χ1n) is 22.0. The first-order valence-corrected chi connectivity index (χ1v) is 22.8. The zero-order chi connectivity index (χ0) is 41.2. The lowest BCUT2D eigenvalue weighted by atomic mass is 9.20. The maximum Gasteiger partial charge on any atom is 0.240 e. The molecule has 294 valence electrons. The molecule has 1 nitrogen and oxygen atoms in total. The normalized spacial score (nSPS) is 13.6. The average Bonchev–Trinajstić information content (AvgIpc) is 3.20. The molecular weight excluding hydrogens is 716 g/mol. The molecule has 0 N–H and O–H groups in total. The van der Waals surface area contributed by atoms with Crippen molar-refractivity contribution < 1.29 is 0 Å². The molecule has 0 spiro atoms. The second-order valence-electron chi connectivity index (χ2n) is 18.8. The summed E-state index contributed by atoms with van der Waals surface area (Å²) >= 11 is 1.88. The number of para-hydroxylation sites is 2. The molecule has 6 aromatic rings. The number of rotatable bonds is 9. The van der Waals surface area contributed by atoms with Crippen molar-refractivity contribution in [2.45, 2.75) is 128 Å². The van der Waals surface area contributed by atoms with Crippen LogP contribution in [0.1, 0.15) is 152 Å². The molecule has 0 atom stereocenters. The molecule has 4 heteroatoms. The van der Waals surface area contributed by atoms with Crippen molar-refractivity contribution in [3.8, 4) is 0 Å². The number of nitrogens with zero attached hydrogens (tertiary/aromatic N) is 1. The van der Waals surface area contributed by atoms with Crippen LogP contribution >= 0.6 is 11.8 Å². The smallest absolute Gasteiger partial charge is 0.240 e. The van der Waals surface area contributed by atoms with Crippen molar-refractivity contribution in [2.24, 2.45) is 0 Å². The van der Waals surface area contributed by atoms with E-state index >= 15 is 0 Å². The fourth-order valence-corrected chi connectivity index (χ4v) is 10.9. The molecule has 0 amide bonds. The van der Waals surface area contributed by atoms with Gasteiger partial charge < -0.3 is 4.90 Å². The van der Waals surface area contributed by atoms with Gasteiger partial charge in [-0.15, -0.1) is 0 Å². The highest BCUT2D eigenvalue weighted by atomic mass is 32.2. The van der Waals surface area contributed by atoms with Crippen molar-refractivity contribution in [1.82, 2.24) is 0 Å². The lowest BCUT2D eigenvalue weighted by Crippen LogP contribution is -2.76. The van der Waals surface area contributed by atoms with Gasteiger partial charge in [-0.05, 0) is 105 Å². The third-order valence-corrected chi connectivity index (χ3v) is 14.1. The van der Waals surface area contributed by atoms with E-state index in [4.69, 9.17) is 0 Å². The Hall–Kier alpha value is -4.40. The van der Waals surface area contributed by atoms with Crippen LogP contribution in [0.5, 0.6) is 0 Å². The van der Waals surface area contributed by atoms with Crippen LogP contribution in [0.3, 0.4) is 0 Å². The van der Waals surface area contributed by atoms with E-state index in [2.05, 4.69) is 203 Å². The van der Waals surface area contributed by atoms with Gasteiger partial charge in [0.15, 0.2) is 0 Å². The zero-order valence-corrected chi connectivity index (χ0v) is 37.8. The summed E-state index contributed by atoms with van der Waals surface area (Å²) in [6.45, 7) is 28.8. The predicted molar refractivity (Wildman–Crippen MR) is 258 cm³/mol. The van der Waals surface area contributed by atoms with Gasteiger partial charge in [-0.25, -0.2) is 0 Å². The second kappa shape index (κ2) is 16.0. The minimum Gasteiger partial charge on any atom is -0.308 e. The Labute approximate surface area is 355 Å². The lowest BCUT2D eigenvalue weighted by molar-refractivity contribution is 0.812. The first kappa shape index (κ1) is 40.4. The molecular formula is C54H61B2NS. The minimum atomic E-state index is 0.0861. The molecule has 0 bridgehead atoms. The van der Waals surface area contributed by atoms with Crippen LogP contribution in [-0.2, 0) is 0 Å². The Bertz CT molecular complexity index is 2390. The topological polar surface area (TPSA) is 3.24 Å². The van der Waals surface area contributed by atoms with Crippen LogP contribution in [-0.4, -0.2) is 13.4 Å². The molecule has 0 saturated heterocycles. The molecule has 2 aliphatic rings. The predicted octanol–water partition coefficient (Wildman–Crippen LogP) is 11.7. The van der Waals surface area contributed by atoms with Gasteiger partial charge >= 0.3 is 0 Å². The van der Waals surface area contributed by atoms with Gasteiger partial charge in [0.25, 0.3) is 0 Å². The van der Waals surface area contributed by atoms with E-state index in [9.17, 15) is 0 Å². The number of hydrogen-bond acceptors (Lipinski definition) is 2. The van der Waals surface area contributed by atoms with Gasteiger partial charge in [0.05, 0.1) is 11.4 Å².